The summed E-state index contributed by atoms with van der Waals surface area (Å²) in [6, 6.07) is 0.804. The van der Waals surface area contributed by atoms with Crippen LogP contribution in [0.5, 0.6) is 0 Å². The number of nitrogens with zero attached hydrogens (tertiary/aromatic N) is 1. The van der Waals surface area contributed by atoms with Gasteiger partial charge in [-0.2, -0.15) is 0 Å². The summed E-state index contributed by atoms with van der Waals surface area (Å²) in [7, 11) is 0. The molecular formula is C15H29N7O. The molecule has 0 saturated carbocycles. The third kappa shape index (κ3) is 3.24. The molecule has 8 heteroatoms. The minimum atomic E-state index is -0.0880. The van der Waals surface area contributed by atoms with Crippen LogP contribution < -0.4 is 32.1 Å². The summed E-state index contributed by atoms with van der Waals surface area (Å²) in [5, 5.41) is 13.6. The largest absolute Gasteiger partial charge is 0.338 e. The van der Waals surface area contributed by atoms with Crippen LogP contribution in [0.1, 0.15) is 32.6 Å². The molecule has 1 amide bonds. The topological polar surface area (TPSA) is 92.5 Å². The lowest BCUT2D eigenvalue weighted by atomic mass is 9.90. The lowest BCUT2D eigenvalue weighted by Gasteiger charge is -2.46. The van der Waals surface area contributed by atoms with E-state index in [1.807, 2.05) is 0 Å². The maximum Gasteiger partial charge on any atom is 0.240 e. The molecule has 0 aromatic rings. The van der Waals surface area contributed by atoms with Gasteiger partial charge in [-0.1, -0.05) is 0 Å². The Morgan fingerprint density at radius 3 is 2.65 bits per heavy atom. The zero-order valence-electron chi connectivity index (χ0n) is 13.8. The third-order valence-electron chi connectivity index (χ3n) is 5.67. The number of hydrogen-bond acceptors (Lipinski definition) is 7. The maximum atomic E-state index is 12.4. The van der Waals surface area contributed by atoms with Gasteiger partial charge in [0.25, 0.3) is 0 Å². The standard InChI is InChI=1S/C15H29N7O/c1-9-2-3-10-13(17-9)15(23)19-14(18-10)11-4-5-12(21-20-11)22-7-6-16-8-22/h9-14,16-18,20-21H,2-8H2,1H3,(H,19,23). The van der Waals surface area contributed by atoms with Crippen molar-refractivity contribution >= 4 is 5.91 Å². The molecule has 0 spiro atoms. The fourth-order valence-corrected chi connectivity index (χ4v) is 4.27. The first kappa shape index (κ1) is 15.7. The molecule has 4 saturated heterocycles. The van der Waals surface area contributed by atoms with E-state index in [2.05, 4.69) is 43.9 Å². The summed E-state index contributed by atoms with van der Waals surface area (Å²) < 4.78 is 0. The molecule has 0 aromatic carbocycles. The Hall–Kier alpha value is -0.770. The third-order valence-corrected chi connectivity index (χ3v) is 5.67. The number of fused-ring (bicyclic) bond motifs is 1. The van der Waals surface area contributed by atoms with Gasteiger partial charge in [0.15, 0.2) is 0 Å². The molecule has 130 valence electrons. The van der Waals surface area contributed by atoms with Crippen LogP contribution in [0, 0.1) is 0 Å². The number of hydrazine groups is 1. The second kappa shape index (κ2) is 6.62. The van der Waals surface area contributed by atoms with Crippen molar-refractivity contribution in [3.8, 4) is 0 Å². The van der Waals surface area contributed by atoms with Crippen LogP contribution in [0.4, 0.5) is 0 Å². The molecule has 0 aliphatic carbocycles. The predicted molar refractivity (Wildman–Crippen MR) is 87.1 cm³/mol. The van der Waals surface area contributed by atoms with Crippen LogP contribution in [0.2, 0.25) is 0 Å². The predicted octanol–water partition coefficient (Wildman–Crippen LogP) is -2.01. The molecule has 4 aliphatic heterocycles. The zero-order chi connectivity index (χ0) is 15.8. The molecular weight excluding hydrogens is 294 g/mol. The van der Waals surface area contributed by atoms with Crippen molar-refractivity contribution in [1.82, 2.24) is 37.0 Å². The second-order valence-corrected chi connectivity index (χ2v) is 7.34. The molecule has 23 heavy (non-hydrogen) atoms. The summed E-state index contributed by atoms with van der Waals surface area (Å²) in [5.74, 6) is 0.137. The van der Waals surface area contributed by atoms with Gasteiger partial charge in [0.1, 0.15) is 6.04 Å². The lowest BCUT2D eigenvalue weighted by Crippen LogP contribution is -2.75. The van der Waals surface area contributed by atoms with Crippen LogP contribution in [-0.2, 0) is 4.79 Å². The Morgan fingerprint density at radius 1 is 1.04 bits per heavy atom. The summed E-state index contributed by atoms with van der Waals surface area (Å²) in [6.45, 7) is 5.26. The van der Waals surface area contributed by atoms with Crippen LogP contribution >= 0.6 is 0 Å². The average Bonchev–Trinajstić information content (AvgIpc) is 3.10. The van der Waals surface area contributed by atoms with E-state index in [0.717, 1.165) is 45.4 Å². The summed E-state index contributed by atoms with van der Waals surface area (Å²) in [4.78, 5) is 14.8. The Morgan fingerprint density at radius 2 is 1.91 bits per heavy atom. The van der Waals surface area contributed by atoms with Crippen molar-refractivity contribution in [3.63, 3.8) is 0 Å². The fraction of sp³-hybridized carbons (Fsp3) is 0.933. The van der Waals surface area contributed by atoms with E-state index >= 15 is 0 Å². The van der Waals surface area contributed by atoms with Crippen molar-refractivity contribution < 1.29 is 4.79 Å². The van der Waals surface area contributed by atoms with Crippen LogP contribution in [0.15, 0.2) is 0 Å². The van der Waals surface area contributed by atoms with Gasteiger partial charge in [0, 0.05) is 31.8 Å². The molecule has 6 atom stereocenters. The van der Waals surface area contributed by atoms with Crippen molar-refractivity contribution in [2.24, 2.45) is 0 Å². The van der Waals surface area contributed by atoms with E-state index in [1.54, 1.807) is 0 Å². The summed E-state index contributed by atoms with van der Waals surface area (Å²) >= 11 is 0. The first-order valence-electron chi connectivity index (χ1n) is 8.99. The number of carbonyl (C=O) groups is 1. The molecule has 4 heterocycles. The molecule has 8 nitrogen and oxygen atoms in total. The molecule has 4 fully saturated rings. The SMILES string of the molecule is CC1CCC2NC(C3CCC(N4CCNC4)NN3)NC(=O)C2N1. The van der Waals surface area contributed by atoms with Crippen molar-refractivity contribution in [2.45, 2.75) is 69.1 Å². The Labute approximate surface area is 137 Å². The number of nitrogens with one attached hydrogen (secondary N) is 6. The quantitative estimate of drug-likeness (QED) is 0.350. The highest BCUT2D eigenvalue weighted by molar-refractivity contribution is 5.84. The number of carbonyl (C=O) groups excluding carboxylic acids is 1. The number of amides is 1. The van der Waals surface area contributed by atoms with E-state index < -0.39 is 0 Å². The first-order valence-corrected chi connectivity index (χ1v) is 8.99. The lowest BCUT2D eigenvalue weighted by molar-refractivity contribution is -0.129. The number of rotatable bonds is 2. The van der Waals surface area contributed by atoms with Crippen LogP contribution in [0.3, 0.4) is 0 Å². The summed E-state index contributed by atoms with van der Waals surface area (Å²) in [5.41, 5.74) is 6.85. The van der Waals surface area contributed by atoms with Gasteiger partial charge in [0.05, 0.1) is 18.4 Å². The molecule has 6 N–H and O–H groups in total. The highest BCUT2D eigenvalue weighted by Gasteiger charge is 2.42. The van der Waals surface area contributed by atoms with Gasteiger partial charge in [-0.3, -0.25) is 15.0 Å². The molecule has 0 aromatic heterocycles. The fourth-order valence-electron chi connectivity index (χ4n) is 4.27. The second-order valence-electron chi connectivity index (χ2n) is 7.34. The van der Waals surface area contributed by atoms with E-state index in [0.29, 0.717) is 12.2 Å². The van der Waals surface area contributed by atoms with E-state index in [4.69, 9.17) is 0 Å². The van der Waals surface area contributed by atoms with E-state index in [-0.39, 0.29) is 30.2 Å². The number of piperidine rings is 1. The van der Waals surface area contributed by atoms with Gasteiger partial charge in [-0.05, 0) is 32.6 Å². The van der Waals surface area contributed by atoms with Gasteiger partial charge in [0.2, 0.25) is 5.91 Å². The van der Waals surface area contributed by atoms with Gasteiger partial charge >= 0.3 is 0 Å². The smallest absolute Gasteiger partial charge is 0.240 e. The monoisotopic (exact) mass is 323 g/mol. The molecule has 6 unspecified atom stereocenters. The highest BCUT2D eigenvalue weighted by atomic mass is 16.2. The maximum absolute atomic E-state index is 12.4. The Balaban J connectivity index is 1.32. The van der Waals surface area contributed by atoms with Crippen LogP contribution in [0.25, 0.3) is 0 Å². The molecule has 4 rings (SSSR count). The normalized spacial score (nSPS) is 45.5. The van der Waals surface area contributed by atoms with E-state index in [9.17, 15) is 4.79 Å². The minimum absolute atomic E-state index is 0.00380. The molecule has 0 radical (unpaired) electrons. The van der Waals surface area contributed by atoms with Crippen molar-refractivity contribution in [1.29, 1.82) is 0 Å². The Bertz CT molecular complexity index is 434. The molecule has 4 aliphatic rings. The summed E-state index contributed by atoms with van der Waals surface area (Å²) in [6.07, 6.45) is 4.71. The highest BCUT2D eigenvalue weighted by Crippen LogP contribution is 2.20. The van der Waals surface area contributed by atoms with Gasteiger partial charge in [-0.15, -0.1) is 0 Å². The van der Waals surface area contributed by atoms with Crippen molar-refractivity contribution in [2.75, 3.05) is 19.8 Å². The van der Waals surface area contributed by atoms with Gasteiger partial charge in [-0.25, -0.2) is 10.9 Å². The van der Waals surface area contributed by atoms with E-state index in [1.165, 1.54) is 0 Å². The van der Waals surface area contributed by atoms with Crippen LogP contribution in [-0.4, -0.2) is 67.1 Å². The van der Waals surface area contributed by atoms with Crippen molar-refractivity contribution in [3.05, 3.63) is 0 Å². The minimum Gasteiger partial charge on any atom is -0.338 e. The first-order chi connectivity index (χ1) is 11.2. The van der Waals surface area contributed by atoms with Gasteiger partial charge < -0.3 is 16.0 Å². The average molecular weight is 323 g/mol. The Kier molecular flexibility index (Phi) is 4.53. The zero-order valence-corrected chi connectivity index (χ0v) is 13.8. The number of hydrogen-bond donors (Lipinski definition) is 6. The molecule has 0 bridgehead atoms.